The second kappa shape index (κ2) is 8.26. The Bertz CT molecular complexity index is 785. The second-order valence-corrected chi connectivity index (χ2v) is 9.01. The summed E-state index contributed by atoms with van der Waals surface area (Å²) in [6.45, 7) is 9.44. The predicted octanol–water partition coefficient (Wildman–Crippen LogP) is 4.20. The number of rotatable bonds is 4. The molecule has 7 heteroatoms. The van der Waals surface area contributed by atoms with E-state index < -0.39 is 0 Å². The summed E-state index contributed by atoms with van der Waals surface area (Å²) in [6, 6.07) is 5.19. The van der Waals surface area contributed by atoms with Crippen LogP contribution in [0.1, 0.15) is 32.9 Å². The van der Waals surface area contributed by atoms with Crippen molar-refractivity contribution in [2.75, 3.05) is 18.0 Å². The van der Waals surface area contributed by atoms with Crippen molar-refractivity contribution >= 4 is 51.3 Å². The molecule has 1 aliphatic heterocycles. The van der Waals surface area contributed by atoms with E-state index in [4.69, 9.17) is 28.2 Å². The van der Waals surface area contributed by atoms with Crippen molar-refractivity contribution in [2.45, 2.75) is 33.7 Å². The van der Waals surface area contributed by atoms with Crippen LogP contribution in [0, 0.1) is 11.8 Å². The number of nitrogens with zero attached hydrogens (tertiary/aromatic N) is 2. The third-order valence-electron chi connectivity index (χ3n) is 4.72. The minimum atomic E-state index is -0.100. The van der Waals surface area contributed by atoms with Gasteiger partial charge in [0.1, 0.15) is 12.2 Å². The number of quaternary nitrogens is 1. The Kier molecular flexibility index (Phi) is 6.23. The fourth-order valence-corrected chi connectivity index (χ4v) is 5.03. The van der Waals surface area contributed by atoms with Gasteiger partial charge in [-0.15, -0.1) is 11.3 Å². The zero-order valence-corrected chi connectivity index (χ0v) is 17.6. The first-order valence-corrected chi connectivity index (χ1v) is 10.5. The number of nitrogens with one attached hydrogen (secondary N) is 1. The topological polar surface area (TPSA) is 37.6 Å². The van der Waals surface area contributed by atoms with Crippen molar-refractivity contribution in [3.05, 3.63) is 39.3 Å². The van der Waals surface area contributed by atoms with Crippen LogP contribution in [0.5, 0.6) is 0 Å². The number of hydrogen-bond acceptors (Lipinski definition) is 3. The first kappa shape index (κ1) is 19.6. The van der Waals surface area contributed by atoms with Crippen molar-refractivity contribution in [2.24, 2.45) is 11.8 Å². The normalized spacial score (nSPS) is 23.0. The smallest absolute Gasteiger partial charge is 0.230 e. The Labute approximate surface area is 168 Å². The van der Waals surface area contributed by atoms with E-state index in [-0.39, 0.29) is 5.91 Å². The highest BCUT2D eigenvalue weighted by Gasteiger charge is 2.26. The van der Waals surface area contributed by atoms with Gasteiger partial charge in [-0.25, -0.2) is 4.98 Å². The number of hydrogen-bond donors (Lipinski definition) is 1. The van der Waals surface area contributed by atoms with Crippen LogP contribution in [-0.4, -0.2) is 24.0 Å². The Balaban J connectivity index is 1.79. The minimum Gasteiger partial charge on any atom is -0.329 e. The van der Waals surface area contributed by atoms with Gasteiger partial charge >= 0.3 is 0 Å². The molecule has 2 aromatic rings. The molecule has 1 N–H and O–H groups in total. The molecule has 1 saturated heterocycles. The summed E-state index contributed by atoms with van der Waals surface area (Å²) < 4.78 is 0. The quantitative estimate of drug-likeness (QED) is 0.816. The molecule has 1 fully saturated rings. The highest BCUT2D eigenvalue weighted by atomic mass is 35.5. The van der Waals surface area contributed by atoms with E-state index >= 15 is 0 Å². The Morgan fingerprint density at radius 3 is 2.58 bits per heavy atom. The number of anilines is 2. The summed E-state index contributed by atoms with van der Waals surface area (Å²) in [6.07, 6.45) is 1.31. The third kappa shape index (κ3) is 4.58. The highest BCUT2D eigenvalue weighted by molar-refractivity contribution is 7.14. The highest BCUT2D eigenvalue weighted by Crippen LogP contribution is 2.33. The van der Waals surface area contributed by atoms with E-state index in [1.54, 1.807) is 28.0 Å². The molecule has 0 saturated carbocycles. The SMILES string of the molecule is CC(=O)N(c1ccc(Cl)c(Cl)c1)c1nc(C[NH+]2C[C@H](C)C[C@H](C)C2)cs1. The lowest BCUT2D eigenvalue weighted by Crippen LogP contribution is -3.13. The molecule has 0 bridgehead atoms. The summed E-state index contributed by atoms with van der Waals surface area (Å²) in [4.78, 5) is 20.1. The van der Waals surface area contributed by atoms with Crippen molar-refractivity contribution in [3.8, 4) is 0 Å². The largest absolute Gasteiger partial charge is 0.329 e. The van der Waals surface area contributed by atoms with Crippen LogP contribution in [0.4, 0.5) is 10.8 Å². The Morgan fingerprint density at radius 1 is 1.27 bits per heavy atom. The molecule has 3 atom stereocenters. The van der Waals surface area contributed by atoms with Gasteiger partial charge in [-0.1, -0.05) is 37.0 Å². The molecule has 26 heavy (non-hydrogen) atoms. The fourth-order valence-electron chi connectivity index (χ4n) is 3.85. The van der Waals surface area contributed by atoms with Gasteiger partial charge in [0.25, 0.3) is 0 Å². The summed E-state index contributed by atoms with van der Waals surface area (Å²) >= 11 is 13.6. The molecule has 1 unspecified atom stereocenters. The number of piperidine rings is 1. The average Bonchev–Trinajstić information content (AvgIpc) is 2.97. The lowest BCUT2D eigenvalue weighted by atomic mass is 9.92. The van der Waals surface area contributed by atoms with Gasteiger partial charge < -0.3 is 4.90 Å². The van der Waals surface area contributed by atoms with Gasteiger partial charge in [-0.3, -0.25) is 9.69 Å². The van der Waals surface area contributed by atoms with Crippen molar-refractivity contribution < 1.29 is 9.69 Å². The molecule has 140 valence electrons. The van der Waals surface area contributed by atoms with Crippen LogP contribution in [0.15, 0.2) is 23.6 Å². The monoisotopic (exact) mass is 412 g/mol. The van der Waals surface area contributed by atoms with E-state index in [1.165, 1.54) is 37.8 Å². The van der Waals surface area contributed by atoms with E-state index in [0.29, 0.717) is 20.9 Å². The number of carbonyl (C=O) groups excluding carboxylic acids is 1. The summed E-state index contributed by atoms with van der Waals surface area (Å²) in [5.41, 5.74) is 1.72. The van der Waals surface area contributed by atoms with Crippen molar-refractivity contribution in [3.63, 3.8) is 0 Å². The molecule has 2 heterocycles. The first-order valence-electron chi connectivity index (χ1n) is 8.87. The van der Waals surface area contributed by atoms with Gasteiger partial charge in [0, 0.05) is 24.1 Å². The number of aromatic nitrogens is 1. The van der Waals surface area contributed by atoms with Gasteiger partial charge in [-0.2, -0.15) is 0 Å². The third-order valence-corrected chi connectivity index (χ3v) is 6.33. The number of carbonyl (C=O) groups is 1. The number of benzene rings is 1. The van der Waals surface area contributed by atoms with Crippen LogP contribution in [-0.2, 0) is 11.3 Å². The molecule has 1 aliphatic rings. The maximum Gasteiger partial charge on any atom is 0.230 e. The molecule has 1 amide bonds. The molecule has 0 radical (unpaired) electrons. The van der Waals surface area contributed by atoms with Crippen molar-refractivity contribution in [1.29, 1.82) is 0 Å². The van der Waals surface area contributed by atoms with Gasteiger partial charge in [0.15, 0.2) is 5.13 Å². The molecule has 0 aliphatic carbocycles. The van der Waals surface area contributed by atoms with Crippen LogP contribution >= 0.6 is 34.5 Å². The number of likely N-dealkylation sites (tertiary alicyclic amines) is 1. The molecule has 4 nitrogen and oxygen atoms in total. The standard InChI is InChI=1S/C19H23Cl2N3OS/c1-12-6-13(2)9-23(8-12)10-15-11-26-19(22-15)24(14(3)25)16-4-5-17(20)18(21)7-16/h4-5,7,11-13H,6,8-10H2,1-3H3/p+1/t12-,13+. The van der Waals surface area contributed by atoms with Crippen molar-refractivity contribution in [1.82, 2.24) is 4.98 Å². The number of amides is 1. The summed E-state index contributed by atoms with van der Waals surface area (Å²) in [5.74, 6) is 1.39. The van der Waals surface area contributed by atoms with E-state index in [9.17, 15) is 4.79 Å². The Hall–Kier alpha value is -1.14. The summed E-state index contributed by atoms with van der Waals surface area (Å²) in [7, 11) is 0. The predicted molar refractivity (Wildman–Crippen MR) is 109 cm³/mol. The van der Waals surface area contributed by atoms with Crippen LogP contribution in [0.25, 0.3) is 0 Å². The van der Waals surface area contributed by atoms with E-state index in [1.807, 2.05) is 0 Å². The first-order chi connectivity index (χ1) is 12.3. The summed E-state index contributed by atoms with van der Waals surface area (Å²) in [5, 5.41) is 3.62. The molecule has 3 rings (SSSR count). The molecule has 0 spiro atoms. The number of halogens is 2. The second-order valence-electron chi connectivity index (χ2n) is 7.36. The Morgan fingerprint density at radius 2 is 1.96 bits per heavy atom. The maximum absolute atomic E-state index is 12.2. The number of thiazole rings is 1. The zero-order valence-electron chi connectivity index (χ0n) is 15.3. The van der Waals surface area contributed by atoms with Gasteiger partial charge in [0.2, 0.25) is 5.91 Å². The minimum absolute atomic E-state index is 0.100. The lowest BCUT2D eigenvalue weighted by Gasteiger charge is -2.31. The fraction of sp³-hybridized carbons (Fsp3) is 0.474. The zero-order chi connectivity index (χ0) is 18.8. The van der Waals surface area contributed by atoms with Gasteiger partial charge in [-0.05, 0) is 24.6 Å². The average molecular weight is 413 g/mol. The van der Waals surface area contributed by atoms with Crippen LogP contribution in [0.3, 0.4) is 0 Å². The molecular weight excluding hydrogens is 389 g/mol. The lowest BCUT2D eigenvalue weighted by molar-refractivity contribution is -0.925. The van der Waals surface area contributed by atoms with Gasteiger partial charge in [0.05, 0.1) is 28.8 Å². The maximum atomic E-state index is 12.2. The van der Waals surface area contributed by atoms with Crippen LogP contribution in [0.2, 0.25) is 10.0 Å². The van der Waals surface area contributed by atoms with E-state index in [0.717, 1.165) is 24.1 Å². The molecular formula is C19H24Cl2N3OS+. The van der Waals surface area contributed by atoms with Crippen LogP contribution < -0.4 is 9.80 Å². The molecule has 1 aromatic heterocycles. The van der Waals surface area contributed by atoms with E-state index in [2.05, 4.69) is 19.2 Å². The molecule has 1 aromatic carbocycles.